The van der Waals surface area contributed by atoms with Gasteiger partial charge in [0.25, 0.3) is 0 Å². The first-order chi connectivity index (χ1) is 6.69. The average molecular weight is 198 g/mol. The second-order valence-electron chi connectivity index (χ2n) is 4.87. The van der Waals surface area contributed by atoms with Crippen molar-refractivity contribution in [3.63, 3.8) is 0 Å². The first kappa shape index (κ1) is 12.0. The molecule has 1 N–H and O–H groups in total. The van der Waals surface area contributed by atoms with Gasteiger partial charge in [-0.25, -0.2) is 0 Å². The van der Waals surface area contributed by atoms with Gasteiger partial charge < -0.3 is 5.32 Å². The Morgan fingerprint density at radius 1 is 1.21 bits per heavy atom. The van der Waals surface area contributed by atoms with Crippen molar-refractivity contribution >= 4 is 0 Å². The summed E-state index contributed by atoms with van der Waals surface area (Å²) in [7, 11) is 0. The Kier molecular flexibility index (Phi) is 4.90. The summed E-state index contributed by atoms with van der Waals surface area (Å²) in [4.78, 5) is 2.72. The summed E-state index contributed by atoms with van der Waals surface area (Å²) in [5.74, 6) is 0.788. The smallest absolute Gasteiger partial charge is 0.0348 e. The SMILES string of the molecule is CCC(CC)N(CC(C)C)C1CNC1. The van der Waals surface area contributed by atoms with Crippen molar-refractivity contribution in [3.05, 3.63) is 0 Å². The molecule has 2 heteroatoms. The Hall–Kier alpha value is -0.0800. The van der Waals surface area contributed by atoms with Crippen LogP contribution in [0.5, 0.6) is 0 Å². The Labute approximate surface area is 89.1 Å². The van der Waals surface area contributed by atoms with Gasteiger partial charge >= 0.3 is 0 Å². The van der Waals surface area contributed by atoms with Crippen LogP contribution in [0.4, 0.5) is 0 Å². The predicted octanol–water partition coefficient (Wildman–Crippen LogP) is 2.10. The number of hydrogen-bond donors (Lipinski definition) is 1. The molecular weight excluding hydrogens is 172 g/mol. The molecule has 0 aromatic carbocycles. The van der Waals surface area contributed by atoms with Gasteiger partial charge in [0.1, 0.15) is 0 Å². The van der Waals surface area contributed by atoms with Crippen molar-refractivity contribution in [2.45, 2.75) is 52.6 Å². The first-order valence-electron chi connectivity index (χ1n) is 6.15. The van der Waals surface area contributed by atoms with Crippen molar-refractivity contribution in [1.29, 1.82) is 0 Å². The minimum absolute atomic E-state index is 0.788. The van der Waals surface area contributed by atoms with Gasteiger partial charge in [-0.2, -0.15) is 0 Å². The summed E-state index contributed by atoms with van der Waals surface area (Å²) >= 11 is 0. The zero-order valence-electron chi connectivity index (χ0n) is 10.2. The summed E-state index contributed by atoms with van der Waals surface area (Å²) in [6.45, 7) is 12.9. The van der Waals surface area contributed by atoms with Gasteiger partial charge in [-0.1, -0.05) is 27.7 Å². The second-order valence-corrected chi connectivity index (χ2v) is 4.87. The molecule has 1 fully saturated rings. The van der Waals surface area contributed by atoms with Crippen molar-refractivity contribution in [2.24, 2.45) is 5.92 Å². The molecule has 1 rings (SSSR count). The standard InChI is InChI=1S/C12H26N2/c1-5-11(6-2)14(9-10(3)4)12-7-13-8-12/h10-13H,5-9H2,1-4H3. The van der Waals surface area contributed by atoms with Crippen LogP contribution in [0.2, 0.25) is 0 Å². The third-order valence-corrected chi connectivity index (χ3v) is 3.22. The maximum absolute atomic E-state index is 3.38. The van der Waals surface area contributed by atoms with Gasteiger partial charge in [0, 0.05) is 31.7 Å². The summed E-state index contributed by atoms with van der Waals surface area (Å²) < 4.78 is 0. The third-order valence-electron chi connectivity index (χ3n) is 3.22. The molecule has 0 aromatic rings. The third kappa shape index (κ3) is 2.96. The van der Waals surface area contributed by atoms with Crippen molar-refractivity contribution in [1.82, 2.24) is 10.2 Å². The fourth-order valence-corrected chi connectivity index (χ4v) is 2.28. The average Bonchev–Trinajstić information content (AvgIpc) is 2.02. The highest BCUT2D eigenvalue weighted by atomic mass is 15.3. The lowest BCUT2D eigenvalue weighted by molar-refractivity contribution is 0.0767. The van der Waals surface area contributed by atoms with Gasteiger partial charge in [0.2, 0.25) is 0 Å². The fraction of sp³-hybridized carbons (Fsp3) is 1.00. The van der Waals surface area contributed by atoms with Crippen LogP contribution in [0.3, 0.4) is 0 Å². The van der Waals surface area contributed by atoms with Crippen LogP contribution in [0.25, 0.3) is 0 Å². The summed E-state index contributed by atoms with van der Waals surface area (Å²) in [5, 5.41) is 3.38. The van der Waals surface area contributed by atoms with E-state index in [0.717, 1.165) is 18.0 Å². The molecule has 0 radical (unpaired) electrons. The van der Waals surface area contributed by atoms with E-state index in [4.69, 9.17) is 0 Å². The molecule has 0 saturated carbocycles. The number of nitrogens with zero attached hydrogens (tertiary/aromatic N) is 1. The molecule has 0 atom stereocenters. The molecule has 1 aliphatic heterocycles. The zero-order chi connectivity index (χ0) is 10.6. The highest BCUT2D eigenvalue weighted by molar-refractivity contribution is 4.88. The largest absolute Gasteiger partial charge is 0.314 e. The lowest BCUT2D eigenvalue weighted by Crippen LogP contribution is -2.60. The Bertz CT molecular complexity index is 148. The van der Waals surface area contributed by atoms with Crippen LogP contribution < -0.4 is 5.32 Å². The maximum atomic E-state index is 3.38. The molecule has 0 bridgehead atoms. The second kappa shape index (κ2) is 5.72. The van der Waals surface area contributed by atoms with E-state index >= 15 is 0 Å². The van der Waals surface area contributed by atoms with Crippen LogP contribution in [-0.2, 0) is 0 Å². The molecule has 0 aliphatic carbocycles. The summed E-state index contributed by atoms with van der Waals surface area (Å²) in [5.41, 5.74) is 0. The monoisotopic (exact) mass is 198 g/mol. The highest BCUT2D eigenvalue weighted by Crippen LogP contribution is 2.17. The Morgan fingerprint density at radius 3 is 2.07 bits per heavy atom. The first-order valence-corrected chi connectivity index (χ1v) is 6.15. The minimum Gasteiger partial charge on any atom is -0.314 e. The van der Waals surface area contributed by atoms with E-state index in [0.29, 0.717) is 0 Å². The quantitative estimate of drug-likeness (QED) is 0.703. The van der Waals surface area contributed by atoms with Crippen LogP contribution in [-0.4, -0.2) is 36.6 Å². The van der Waals surface area contributed by atoms with E-state index in [1.54, 1.807) is 0 Å². The minimum atomic E-state index is 0.788. The zero-order valence-corrected chi connectivity index (χ0v) is 10.2. The molecule has 1 saturated heterocycles. The van der Waals surface area contributed by atoms with Crippen molar-refractivity contribution < 1.29 is 0 Å². The van der Waals surface area contributed by atoms with Crippen LogP contribution >= 0.6 is 0 Å². The van der Waals surface area contributed by atoms with E-state index < -0.39 is 0 Å². The van der Waals surface area contributed by atoms with E-state index in [1.165, 1.54) is 32.5 Å². The normalized spacial score (nSPS) is 18.2. The summed E-state index contributed by atoms with van der Waals surface area (Å²) in [6.07, 6.45) is 2.58. The number of nitrogens with one attached hydrogen (secondary N) is 1. The van der Waals surface area contributed by atoms with Gasteiger partial charge in [-0.05, 0) is 18.8 Å². The molecule has 0 amide bonds. The van der Waals surface area contributed by atoms with Crippen LogP contribution in [0.15, 0.2) is 0 Å². The van der Waals surface area contributed by atoms with Gasteiger partial charge in [0.05, 0.1) is 0 Å². The maximum Gasteiger partial charge on any atom is 0.0348 e. The van der Waals surface area contributed by atoms with Crippen molar-refractivity contribution in [3.8, 4) is 0 Å². The van der Waals surface area contributed by atoms with E-state index in [2.05, 4.69) is 37.9 Å². The highest BCUT2D eigenvalue weighted by Gasteiger charge is 2.28. The molecule has 0 aromatic heterocycles. The van der Waals surface area contributed by atoms with Crippen LogP contribution in [0.1, 0.15) is 40.5 Å². The van der Waals surface area contributed by atoms with E-state index in [1.807, 2.05) is 0 Å². The fourth-order valence-electron chi connectivity index (χ4n) is 2.28. The molecular formula is C12H26N2. The molecule has 1 aliphatic rings. The lowest BCUT2D eigenvalue weighted by Gasteiger charge is -2.43. The topological polar surface area (TPSA) is 15.3 Å². The molecule has 0 spiro atoms. The Balaban J connectivity index is 2.49. The lowest BCUT2D eigenvalue weighted by atomic mass is 10.0. The molecule has 84 valence electrons. The van der Waals surface area contributed by atoms with Crippen LogP contribution in [0, 0.1) is 5.92 Å². The predicted molar refractivity (Wildman–Crippen MR) is 62.6 cm³/mol. The molecule has 14 heavy (non-hydrogen) atoms. The molecule has 0 unspecified atom stereocenters. The summed E-state index contributed by atoms with van der Waals surface area (Å²) in [6, 6.07) is 1.60. The molecule has 1 heterocycles. The van der Waals surface area contributed by atoms with E-state index in [9.17, 15) is 0 Å². The van der Waals surface area contributed by atoms with Gasteiger partial charge in [-0.15, -0.1) is 0 Å². The van der Waals surface area contributed by atoms with Gasteiger partial charge in [0.15, 0.2) is 0 Å². The number of rotatable bonds is 6. The molecule has 2 nitrogen and oxygen atoms in total. The number of hydrogen-bond acceptors (Lipinski definition) is 2. The van der Waals surface area contributed by atoms with Gasteiger partial charge in [-0.3, -0.25) is 4.90 Å². The van der Waals surface area contributed by atoms with Crippen molar-refractivity contribution in [2.75, 3.05) is 19.6 Å². The Morgan fingerprint density at radius 2 is 1.79 bits per heavy atom. The van der Waals surface area contributed by atoms with E-state index in [-0.39, 0.29) is 0 Å².